The van der Waals surface area contributed by atoms with E-state index in [2.05, 4.69) is 27.2 Å². The normalized spacial score (nSPS) is 17.1. The Morgan fingerprint density at radius 1 is 1.21 bits per heavy atom. The molecule has 1 aromatic carbocycles. The summed E-state index contributed by atoms with van der Waals surface area (Å²) in [5.74, 6) is -0.172. The number of urea groups is 1. The summed E-state index contributed by atoms with van der Waals surface area (Å²) in [6, 6.07) is 10.6. The number of hydrogen-bond donors (Lipinski definition) is 2. The maximum Gasteiger partial charge on any atom is 0.322 e. The van der Waals surface area contributed by atoms with E-state index in [1.807, 2.05) is 22.4 Å². The Kier molecular flexibility index (Phi) is 5.62. The van der Waals surface area contributed by atoms with E-state index in [0.29, 0.717) is 11.4 Å². The SMILES string of the molecule is C[C@H](C(=O)Nc1cccc(NC(=O)N2CCC[C@H]2c2ccsc2)c1)n1cccn1. The molecular formula is C21H23N5O2S. The first-order valence-corrected chi connectivity index (χ1v) is 10.6. The summed E-state index contributed by atoms with van der Waals surface area (Å²) in [7, 11) is 0. The maximum absolute atomic E-state index is 12.8. The second-order valence-corrected chi connectivity index (χ2v) is 7.85. The van der Waals surface area contributed by atoms with Gasteiger partial charge < -0.3 is 15.5 Å². The van der Waals surface area contributed by atoms with Crippen LogP contribution in [0.4, 0.5) is 16.2 Å². The molecule has 0 bridgehead atoms. The highest BCUT2D eigenvalue weighted by atomic mass is 32.1. The molecule has 0 saturated carbocycles. The van der Waals surface area contributed by atoms with Crippen molar-refractivity contribution in [3.05, 3.63) is 65.1 Å². The highest BCUT2D eigenvalue weighted by Gasteiger charge is 2.30. The molecule has 1 fully saturated rings. The first-order valence-electron chi connectivity index (χ1n) is 9.61. The molecule has 0 spiro atoms. The number of thiophene rings is 1. The monoisotopic (exact) mass is 409 g/mol. The van der Waals surface area contributed by atoms with Crippen molar-refractivity contribution in [1.82, 2.24) is 14.7 Å². The summed E-state index contributed by atoms with van der Waals surface area (Å²) < 4.78 is 1.60. The number of rotatable bonds is 5. The summed E-state index contributed by atoms with van der Waals surface area (Å²) in [6.45, 7) is 2.52. The Hall–Kier alpha value is -3.13. The van der Waals surface area contributed by atoms with Gasteiger partial charge in [-0.3, -0.25) is 9.48 Å². The van der Waals surface area contributed by atoms with Gasteiger partial charge >= 0.3 is 6.03 Å². The molecule has 2 aromatic heterocycles. The van der Waals surface area contributed by atoms with E-state index in [0.717, 1.165) is 19.4 Å². The summed E-state index contributed by atoms with van der Waals surface area (Å²) in [5, 5.41) is 14.1. The van der Waals surface area contributed by atoms with Crippen LogP contribution < -0.4 is 10.6 Å². The van der Waals surface area contributed by atoms with Crippen LogP contribution in [0.15, 0.2) is 59.6 Å². The molecule has 7 nitrogen and oxygen atoms in total. The minimum absolute atomic E-state index is 0.118. The Balaban J connectivity index is 1.41. The molecule has 2 atom stereocenters. The molecule has 1 aliphatic heterocycles. The minimum atomic E-state index is -0.431. The molecule has 29 heavy (non-hydrogen) atoms. The number of likely N-dealkylation sites (tertiary alicyclic amines) is 1. The van der Waals surface area contributed by atoms with Gasteiger partial charge in [0.25, 0.3) is 0 Å². The van der Waals surface area contributed by atoms with Crippen molar-refractivity contribution in [1.29, 1.82) is 0 Å². The van der Waals surface area contributed by atoms with Crippen molar-refractivity contribution in [2.45, 2.75) is 31.8 Å². The van der Waals surface area contributed by atoms with Crippen LogP contribution in [-0.2, 0) is 4.79 Å². The number of benzene rings is 1. The van der Waals surface area contributed by atoms with Gasteiger partial charge in [0.2, 0.25) is 5.91 Å². The summed E-state index contributed by atoms with van der Waals surface area (Å²) in [4.78, 5) is 27.2. The zero-order valence-electron chi connectivity index (χ0n) is 16.1. The predicted molar refractivity (Wildman–Crippen MR) is 114 cm³/mol. The van der Waals surface area contributed by atoms with E-state index in [1.54, 1.807) is 53.5 Å². The van der Waals surface area contributed by atoms with Gasteiger partial charge in [-0.1, -0.05) is 6.07 Å². The van der Waals surface area contributed by atoms with E-state index in [4.69, 9.17) is 0 Å². The van der Waals surface area contributed by atoms with Gasteiger partial charge in [0.1, 0.15) is 6.04 Å². The van der Waals surface area contributed by atoms with E-state index < -0.39 is 6.04 Å². The maximum atomic E-state index is 12.8. The average molecular weight is 410 g/mol. The summed E-state index contributed by atoms with van der Waals surface area (Å²) in [6.07, 6.45) is 5.36. The molecule has 0 unspecified atom stereocenters. The third-order valence-corrected chi connectivity index (χ3v) is 5.83. The quantitative estimate of drug-likeness (QED) is 0.651. The second-order valence-electron chi connectivity index (χ2n) is 7.07. The molecule has 1 saturated heterocycles. The van der Waals surface area contributed by atoms with Gasteiger partial charge in [0.15, 0.2) is 0 Å². The molecular weight excluding hydrogens is 386 g/mol. The Bertz CT molecular complexity index is 971. The lowest BCUT2D eigenvalue weighted by Crippen LogP contribution is -2.34. The van der Waals surface area contributed by atoms with Gasteiger partial charge in [-0.25, -0.2) is 4.79 Å². The number of anilines is 2. The van der Waals surface area contributed by atoms with Gasteiger partial charge in [0, 0.05) is 30.3 Å². The van der Waals surface area contributed by atoms with E-state index in [1.165, 1.54) is 5.56 Å². The van der Waals surface area contributed by atoms with Crippen LogP contribution >= 0.6 is 11.3 Å². The molecule has 8 heteroatoms. The van der Waals surface area contributed by atoms with Crippen LogP contribution in [-0.4, -0.2) is 33.2 Å². The lowest BCUT2D eigenvalue weighted by atomic mass is 10.1. The zero-order chi connectivity index (χ0) is 20.2. The summed E-state index contributed by atoms with van der Waals surface area (Å²) >= 11 is 1.65. The van der Waals surface area contributed by atoms with E-state index >= 15 is 0 Å². The number of carbonyl (C=O) groups is 2. The van der Waals surface area contributed by atoms with Gasteiger partial charge in [0.05, 0.1) is 6.04 Å². The van der Waals surface area contributed by atoms with E-state index in [-0.39, 0.29) is 18.0 Å². The molecule has 3 aromatic rings. The van der Waals surface area contributed by atoms with Crippen molar-refractivity contribution in [2.24, 2.45) is 0 Å². The Morgan fingerprint density at radius 2 is 2.03 bits per heavy atom. The second kappa shape index (κ2) is 8.48. The lowest BCUT2D eigenvalue weighted by Gasteiger charge is -2.24. The lowest BCUT2D eigenvalue weighted by molar-refractivity contribution is -0.119. The molecule has 3 heterocycles. The first kappa shape index (κ1) is 19.2. The number of amides is 3. The third kappa shape index (κ3) is 4.32. The smallest absolute Gasteiger partial charge is 0.322 e. The zero-order valence-corrected chi connectivity index (χ0v) is 16.9. The van der Waals surface area contributed by atoms with Crippen LogP contribution in [0.5, 0.6) is 0 Å². The van der Waals surface area contributed by atoms with Crippen LogP contribution in [0, 0.1) is 0 Å². The van der Waals surface area contributed by atoms with Crippen LogP contribution in [0.3, 0.4) is 0 Å². The molecule has 0 aliphatic carbocycles. The molecule has 3 amide bonds. The molecule has 150 valence electrons. The number of nitrogens with zero attached hydrogens (tertiary/aromatic N) is 3. The predicted octanol–water partition coefficient (Wildman–Crippen LogP) is 4.51. The number of aromatic nitrogens is 2. The van der Waals surface area contributed by atoms with Crippen molar-refractivity contribution in [3.63, 3.8) is 0 Å². The largest absolute Gasteiger partial charge is 0.324 e. The average Bonchev–Trinajstić information content (AvgIpc) is 3.49. The Labute approximate surface area is 173 Å². The number of nitrogens with one attached hydrogen (secondary N) is 2. The first-order chi connectivity index (χ1) is 14.1. The fraction of sp³-hybridized carbons (Fsp3) is 0.286. The minimum Gasteiger partial charge on any atom is -0.324 e. The fourth-order valence-corrected chi connectivity index (χ4v) is 4.27. The van der Waals surface area contributed by atoms with Crippen molar-refractivity contribution in [3.8, 4) is 0 Å². The summed E-state index contributed by atoms with van der Waals surface area (Å²) in [5.41, 5.74) is 2.47. The fourth-order valence-electron chi connectivity index (χ4n) is 3.57. The van der Waals surface area contributed by atoms with Crippen LogP contribution in [0.2, 0.25) is 0 Å². The highest BCUT2D eigenvalue weighted by molar-refractivity contribution is 7.08. The molecule has 4 rings (SSSR count). The third-order valence-electron chi connectivity index (χ3n) is 5.12. The highest BCUT2D eigenvalue weighted by Crippen LogP contribution is 2.33. The number of carbonyl (C=O) groups excluding carboxylic acids is 2. The van der Waals surface area contributed by atoms with Gasteiger partial charge in [-0.05, 0) is 66.4 Å². The Morgan fingerprint density at radius 3 is 2.76 bits per heavy atom. The van der Waals surface area contributed by atoms with Crippen molar-refractivity contribution >= 4 is 34.6 Å². The standard InChI is InChI=1S/C21H23N5O2S/c1-15(26-11-4-9-22-26)20(27)23-17-5-2-6-18(13-17)24-21(28)25-10-3-7-19(25)16-8-12-29-14-16/h2,4-6,8-9,11-15,19H,3,7,10H2,1H3,(H,23,27)(H,24,28)/t15-,19+/m1/s1. The van der Waals surface area contributed by atoms with Gasteiger partial charge in [-0.15, -0.1) is 0 Å². The van der Waals surface area contributed by atoms with Crippen LogP contribution in [0.1, 0.15) is 37.4 Å². The van der Waals surface area contributed by atoms with E-state index in [9.17, 15) is 9.59 Å². The molecule has 0 radical (unpaired) electrons. The van der Waals surface area contributed by atoms with Gasteiger partial charge in [-0.2, -0.15) is 16.4 Å². The number of hydrogen-bond acceptors (Lipinski definition) is 4. The van der Waals surface area contributed by atoms with Crippen molar-refractivity contribution < 1.29 is 9.59 Å². The molecule has 1 aliphatic rings. The topological polar surface area (TPSA) is 79.3 Å². The van der Waals surface area contributed by atoms with Crippen LogP contribution in [0.25, 0.3) is 0 Å². The van der Waals surface area contributed by atoms with Crippen molar-refractivity contribution in [2.75, 3.05) is 17.2 Å². The molecule has 2 N–H and O–H groups in total.